The molecular formula is C34H32O10. The molecular weight excluding hydrogens is 568 g/mol. The molecule has 10 nitrogen and oxygen atoms in total. The number of hydrogen-bond acceptors (Lipinski definition) is 10. The molecule has 0 aromatic heterocycles. The van der Waals surface area contributed by atoms with Gasteiger partial charge in [-0.3, -0.25) is 4.79 Å². The molecule has 6 rings (SSSR count). The maximum Gasteiger partial charge on any atom is 0.270 e. The van der Waals surface area contributed by atoms with Crippen molar-refractivity contribution in [2.75, 3.05) is 35.0 Å². The second kappa shape index (κ2) is 12.5. The first-order chi connectivity index (χ1) is 21.2. The van der Waals surface area contributed by atoms with Crippen LogP contribution in [0, 0.1) is 0 Å². The van der Waals surface area contributed by atoms with E-state index in [-0.39, 0.29) is 35.9 Å². The number of ether oxygens (including phenoxy) is 6. The van der Waals surface area contributed by atoms with Gasteiger partial charge in [0.1, 0.15) is 34.5 Å². The monoisotopic (exact) mass is 600 g/mol. The van der Waals surface area contributed by atoms with Crippen molar-refractivity contribution < 1.29 is 48.5 Å². The molecule has 3 N–H and O–H groups in total. The Kier molecular flexibility index (Phi) is 8.54. The summed E-state index contributed by atoms with van der Waals surface area (Å²) in [7, 11) is 6.29. The summed E-state index contributed by atoms with van der Waals surface area (Å²) >= 11 is 0. The first-order valence-electron chi connectivity index (χ1n) is 13.6. The minimum Gasteiger partial charge on any atom is -0.508 e. The van der Waals surface area contributed by atoms with Crippen molar-refractivity contribution in [2.24, 2.45) is 0 Å². The van der Waals surface area contributed by atoms with Crippen LogP contribution in [0.3, 0.4) is 0 Å². The number of fused-ring (bicyclic) bond motifs is 4. The molecule has 1 unspecified atom stereocenters. The summed E-state index contributed by atoms with van der Waals surface area (Å²) < 4.78 is 32.5. The molecule has 4 aromatic carbocycles. The molecule has 2 aliphatic heterocycles. The van der Waals surface area contributed by atoms with Crippen LogP contribution in [0.15, 0.2) is 72.8 Å². The van der Waals surface area contributed by atoms with E-state index in [1.54, 1.807) is 70.9 Å². The molecule has 4 aromatic rings. The van der Waals surface area contributed by atoms with Crippen LogP contribution in [-0.4, -0.2) is 61.9 Å². The Morgan fingerprint density at radius 3 is 2.14 bits per heavy atom. The summed E-state index contributed by atoms with van der Waals surface area (Å²) in [5, 5.41) is 29.8. The quantitative estimate of drug-likeness (QED) is 0.241. The summed E-state index contributed by atoms with van der Waals surface area (Å²) in [5.74, 6) is 1.58. The van der Waals surface area contributed by atoms with Gasteiger partial charge in [-0.2, -0.15) is 0 Å². The van der Waals surface area contributed by atoms with E-state index in [1.807, 2.05) is 18.2 Å². The van der Waals surface area contributed by atoms with E-state index in [0.717, 1.165) is 22.9 Å². The smallest absolute Gasteiger partial charge is 0.270 e. The van der Waals surface area contributed by atoms with Gasteiger partial charge in [-0.05, 0) is 54.1 Å². The second-order valence-corrected chi connectivity index (χ2v) is 9.99. The van der Waals surface area contributed by atoms with Crippen molar-refractivity contribution in [2.45, 2.75) is 12.2 Å². The molecule has 0 amide bonds. The molecule has 0 bridgehead atoms. The second-order valence-electron chi connectivity index (χ2n) is 9.99. The van der Waals surface area contributed by atoms with Crippen molar-refractivity contribution in [1.29, 1.82) is 0 Å². The Labute approximate surface area is 254 Å². The van der Waals surface area contributed by atoms with Gasteiger partial charge in [0.25, 0.3) is 5.79 Å². The van der Waals surface area contributed by atoms with Crippen molar-refractivity contribution in [3.05, 3.63) is 95.1 Å². The molecule has 44 heavy (non-hydrogen) atoms. The minimum atomic E-state index is -1.58. The van der Waals surface area contributed by atoms with E-state index < -0.39 is 5.79 Å². The molecule has 0 saturated heterocycles. The third-order valence-corrected chi connectivity index (χ3v) is 7.22. The van der Waals surface area contributed by atoms with Crippen LogP contribution in [0.2, 0.25) is 0 Å². The lowest BCUT2D eigenvalue weighted by Crippen LogP contribution is -2.47. The number of hydrogen-bond donors (Lipinski definition) is 3. The number of phenols is 2. The first kappa shape index (κ1) is 30.1. The molecule has 228 valence electrons. The van der Waals surface area contributed by atoms with Crippen LogP contribution in [0.25, 0.3) is 11.6 Å². The molecule has 0 saturated carbocycles. The van der Waals surface area contributed by atoms with Crippen LogP contribution >= 0.6 is 0 Å². The topological polar surface area (TPSA) is 133 Å². The molecule has 0 spiro atoms. The van der Waals surface area contributed by atoms with E-state index in [9.17, 15) is 20.1 Å². The van der Waals surface area contributed by atoms with E-state index in [0.29, 0.717) is 39.9 Å². The Morgan fingerprint density at radius 2 is 1.48 bits per heavy atom. The minimum absolute atomic E-state index is 0.0298. The lowest BCUT2D eigenvalue weighted by molar-refractivity contribution is -0.116. The standard InChI is InChI=1S/C19H18O6.C15H14O4/c1-21-12-5-4-11-6-14-13-8-17(22-2)18(23-3)9-16(13)24-10-19(14,20)25-15(11)7-12;1-19-12-5-2-10(3-6-12)8-14(17)13-7-4-11(16)9-15(13)18/h4-9,20H,10H2,1-3H3;2-7,9,16,18H,8H2,1H3. The zero-order chi connectivity index (χ0) is 31.4. The lowest BCUT2D eigenvalue weighted by atomic mass is 9.90. The fourth-order valence-corrected chi connectivity index (χ4v) is 4.90. The maximum absolute atomic E-state index is 12.0. The molecule has 2 aliphatic rings. The van der Waals surface area contributed by atoms with Crippen molar-refractivity contribution in [3.8, 4) is 46.0 Å². The maximum atomic E-state index is 12.0. The summed E-state index contributed by atoms with van der Waals surface area (Å²) in [6.07, 6.45) is 2.08. The number of carbonyl (C=O) groups excluding carboxylic acids is 1. The van der Waals surface area contributed by atoms with Crippen LogP contribution in [0.1, 0.15) is 27.0 Å². The van der Waals surface area contributed by atoms with Gasteiger partial charge in [0.15, 0.2) is 23.9 Å². The molecule has 1 atom stereocenters. The van der Waals surface area contributed by atoms with Gasteiger partial charge in [0, 0.05) is 41.3 Å². The predicted octanol–water partition coefficient (Wildman–Crippen LogP) is 5.26. The zero-order valence-corrected chi connectivity index (χ0v) is 24.6. The Morgan fingerprint density at radius 1 is 0.795 bits per heavy atom. The fraction of sp³-hybridized carbons (Fsp3) is 0.206. The van der Waals surface area contributed by atoms with E-state index in [4.69, 9.17) is 28.4 Å². The number of aromatic hydroxyl groups is 2. The highest BCUT2D eigenvalue weighted by atomic mass is 16.7. The third-order valence-electron chi connectivity index (χ3n) is 7.22. The number of benzene rings is 4. The molecule has 10 heteroatoms. The average molecular weight is 601 g/mol. The van der Waals surface area contributed by atoms with Crippen LogP contribution in [-0.2, 0) is 6.42 Å². The van der Waals surface area contributed by atoms with Gasteiger partial charge in [-0.1, -0.05) is 12.1 Å². The molecule has 0 radical (unpaired) electrons. The van der Waals surface area contributed by atoms with Gasteiger partial charge in [-0.15, -0.1) is 0 Å². The number of phenolic OH excluding ortho intramolecular Hbond substituents is 2. The van der Waals surface area contributed by atoms with Gasteiger partial charge in [0.05, 0.1) is 34.0 Å². The lowest BCUT2D eigenvalue weighted by Gasteiger charge is -2.39. The first-order valence-corrected chi connectivity index (χ1v) is 13.6. The fourth-order valence-electron chi connectivity index (χ4n) is 4.90. The number of rotatable bonds is 7. The average Bonchev–Trinajstić information content (AvgIpc) is 3.03. The Balaban J connectivity index is 0.000000182. The van der Waals surface area contributed by atoms with Gasteiger partial charge in [-0.25, -0.2) is 0 Å². The number of aliphatic hydroxyl groups is 1. The predicted molar refractivity (Wildman–Crippen MR) is 162 cm³/mol. The van der Waals surface area contributed by atoms with E-state index in [1.165, 1.54) is 12.1 Å². The van der Waals surface area contributed by atoms with Gasteiger partial charge in [0.2, 0.25) is 0 Å². The summed E-state index contributed by atoms with van der Waals surface area (Å²) in [6.45, 7) is -0.0298. The molecule has 2 heterocycles. The number of carbonyl (C=O) groups is 1. The summed E-state index contributed by atoms with van der Waals surface area (Å²) in [5.41, 5.74) is 3.20. The largest absolute Gasteiger partial charge is 0.508 e. The van der Waals surface area contributed by atoms with E-state index >= 15 is 0 Å². The third kappa shape index (κ3) is 6.06. The van der Waals surface area contributed by atoms with Gasteiger partial charge >= 0.3 is 0 Å². The van der Waals surface area contributed by atoms with Crippen LogP contribution in [0.5, 0.6) is 46.0 Å². The SMILES string of the molecule is COc1ccc(CC(=O)c2ccc(O)cc2O)cc1.COc1ccc2c(c1)OC1(O)COc3cc(OC)c(OC)cc3C1=C2. The zero-order valence-electron chi connectivity index (χ0n) is 24.6. The highest BCUT2D eigenvalue weighted by molar-refractivity contribution is 6.00. The summed E-state index contributed by atoms with van der Waals surface area (Å²) in [6, 6.07) is 20.1. The Hall–Kier alpha value is -5.35. The number of methoxy groups -OCH3 is 4. The Bertz CT molecular complexity index is 1710. The van der Waals surface area contributed by atoms with E-state index in [2.05, 4.69) is 0 Å². The van der Waals surface area contributed by atoms with Crippen LogP contribution < -0.4 is 28.4 Å². The van der Waals surface area contributed by atoms with Crippen molar-refractivity contribution in [3.63, 3.8) is 0 Å². The number of ketones is 1. The van der Waals surface area contributed by atoms with Crippen molar-refractivity contribution >= 4 is 17.4 Å². The summed E-state index contributed by atoms with van der Waals surface area (Å²) in [4.78, 5) is 12.0. The van der Waals surface area contributed by atoms with Crippen LogP contribution in [0.4, 0.5) is 0 Å². The molecule has 0 fully saturated rings. The normalized spacial score (nSPS) is 15.8. The number of Topliss-reactive ketones (excluding diaryl/α,β-unsaturated/α-hetero) is 1. The van der Waals surface area contributed by atoms with Crippen molar-refractivity contribution in [1.82, 2.24) is 0 Å². The molecule has 0 aliphatic carbocycles. The highest BCUT2D eigenvalue weighted by Gasteiger charge is 2.44. The highest BCUT2D eigenvalue weighted by Crippen LogP contribution is 2.49. The van der Waals surface area contributed by atoms with Gasteiger partial charge < -0.3 is 43.7 Å².